The lowest BCUT2D eigenvalue weighted by Gasteiger charge is -2.06. The van der Waals surface area contributed by atoms with Gasteiger partial charge in [-0.1, -0.05) is 6.92 Å². The zero-order chi connectivity index (χ0) is 20.7. The van der Waals surface area contributed by atoms with Gasteiger partial charge < -0.3 is 9.72 Å². The van der Waals surface area contributed by atoms with Crippen LogP contribution < -0.4 is 21.4 Å². The number of ether oxygens (including phenoxy) is 1. The zero-order valence-corrected chi connectivity index (χ0v) is 15.3. The van der Waals surface area contributed by atoms with Crippen LogP contribution in [0.4, 0.5) is 5.69 Å². The van der Waals surface area contributed by atoms with Crippen molar-refractivity contribution < 1.29 is 14.5 Å². The number of aromatic nitrogens is 2. The largest absolute Gasteiger partial charge is 0.487 e. The highest BCUT2D eigenvalue weighted by Gasteiger charge is 2.15. The van der Waals surface area contributed by atoms with Gasteiger partial charge in [-0.2, -0.15) is 5.10 Å². The molecule has 0 unspecified atom stereocenters. The van der Waals surface area contributed by atoms with Crippen LogP contribution in [0.1, 0.15) is 30.2 Å². The highest BCUT2D eigenvalue weighted by Crippen LogP contribution is 2.27. The molecule has 11 nitrogen and oxygen atoms in total. The summed E-state index contributed by atoms with van der Waals surface area (Å²) >= 11 is 0. The van der Waals surface area contributed by atoms with Crippen LogP contribution in [0.15, 0.2) is 32.9 Å². The number of hydrogen-bond donors (Lipinski definition) is 3. The minimum absolute atomic E-state index is 0.111. The summed E-state index contributed by atoms with van der Waals surface area (Å²) in [7, 11) is 0. The van der Waals surface area contributed by atoms with Crippen molar-refractivity contribution in [2.75, 3.05) is 6.61 Å². The summed E-state index contributed by atoms with van der Waals surface area (Å²) in [5, 5.41) is 14.9. The molecule has 28 heavy (non-hydrogen) atoms. The number of nitro benzene ring substituents is 1. The van der Waals surface area contributed by atoms with E-state index in [4.69, 9.17) is 4.74 Å². The molecule has 0 aliphatic rings. The predicted molar refractivity (Wildman–Crippen MR) is 101 cm³/mol. The second kappa shape index (κ2) is 9.26. The number of H-pyrrole nitrogens is 2. The Morgan fingerprint density at radius 2 is 2.11 bits per heavy atom. The molecule has 2 aromatic rings. The molecule has 0 saturated heterocycles. The maximum absolute atomic E-state index is 11.9. The first-order chi connectivity index (χ1) is 13.3. The van der Waals surface area contributed by atoms with Crippen molar-refractivity contribution in [3.63, 3.8) is 0 Å². The van der Waals surface area contributed by atoms with Crippen LogP contribution in [0.2, 0.25) is 0 Å². The summed E-state index contributed by atoms with van der Waals surface area (Å²) in [5.74, 6) is -0.435. The van der Waals surface area contributed by atoms with Crippen molar-refractivity contribution in [3.8, 4) is 5.75 Å². The third-order valence-electron chi connectivity index (χ3n) is 3.64. The molecule has 0 spiro atoms. The fraction of sp³-hybridized carbons (Fsp3) is 0.294. The van der Waals surface area contributed by atoms with Gasteiger partial charge in [-0.15, -0.1) is 0 Å². The van der Waals surface area contributed by atoms with E-state index in [1.54, 1.807) is 6.07 Å². The van der Waals surface area contributed by atoms with E-state index in [9.17, 15) is 24.5 Å². The lowest BCUT2D eigenvalue weighted by atomic mass is 10.1. The molecule has 0 atom stereocenters. The Morgan fingerprint density at radius 1 is 1.36 bits per heavy atom. The first-order valence-electron chi connectivity index (χ1n) is 8.37. The van der Waals surface area contributed by atoms with Crippen molar-refractivity contribution in [2.45, 2.75) is 26.7 Å². The lowest BCUT2D eigenvalue weighted by Crippen LogP contribution is -2.30. The van der Waals surface area contributed by atoms with Crippen LogP contribution in [0.5, 0.6) is 5.75 Å². The van der Waals surface area contributed by atoms with Crippen LogP contribution in [0, 0.1) is 17.0 Å². The SMILES string of the molecule is CCCOc1ccc(/C=N\NC(=O)Cc2c(C)[nH]c(=O)[nH]c2=O)cc1[N+](=O)[O-]. The lowest BCUT2D eigenvalue weighted by molar-refractivity contribution is -0.385. The predicted octanol–water partition coefficient (Wildman–Crippen LogP) is 0.761. The van der Waals surface area contributed by atoms with Crippen LogP contribution >= 0.6 is 0 Å². The zero-order valence-electron chi connectivity index (χ0n) is 15.3. The van der Waals surface area contributed by atoms with Gasteiger partial charge >= 0.3 is 11.4 Å². The number of aromatic amines is 2. The Morgan fingerprint density at radius 3 is 2.75 bits per heavy atom. The molecule has 11 heteroatoms. The summed E-state index contributed by atoms with van der Waals surface area (Å²) in [4.78, 5) is 49.9. The van der Waals surface area contributed by atoms with E-state index in [-0.39, 0.29) is 29.1 Å². The van der Waals surface area contributed by atoms with Gasteiger partial charge in [0.15, 0.2) is 5.75 Å². The monoisotopic (exact) mass is 389 g/mol. The number of nitrogens with one attached hydrogen (secondary N) is 3. The Hall–Kier alpha value is -3.76. The molecule has 1 aromatic carbocycles. The molecule has 0 bridgehead atoms. The molecular weight excluding hydrogens is 370 g/mol. The first-order valence-corrected chi connectivity index (χ1v) is 8.37. The van der Waals surface area contributed by atoms with Crippen molar-refractivity contribution in [1.82, 2.24) is 15.4 Å². The number of hydrazone groups is 1. The minimum Gasteiger partial charge on any atom is -0.487 e. The third-order valence-corrected chi connectivity index (χ3v) is 3.64. The van der Waals surface area contributed by atoms with E-state index in [2.05, 4.69) is 15.5 Å². The van der Waals surface area contributed by atoms with E-state index in [1.807, 2.05) is 11.9 Å². The normalized spacial score (nSPS) is 10.8. The Labute approximate surface area is 158 Å². The van der Waals surface area contributed by atoms with Crippen molar-refractivity contribution in [3.05, 3.63) is 66.0 Å². The highest BCUT2D eigenvalue weighted by molar-refractivity contribution is 5.84. The Kier molecular flexibility index (Phi) is 6.79. The molecule has 1 amide bonds. The number of amides is 1. The average molecular weight is 389 g/mol. The molecule has 0 aliphatic heterocycles. The number of aryl methyl sites for hydroxylation is 1. The molecule has 148 valence electrons. The summed E-state index contributed by atoms with van der Waals surface area (Å²) in [6, 6.07) is 4.29. The number of hydrogen-bond acceptors (Lipinski definition) is 7. The van der Waals surface area contributed by atoms with Crippen LogP contribution in [-0.2, 0) is 11.2 Å². The molecule has 1 aromatic heterocycles. The maximum Gasteiger partial charge on any atom is 0.325 e. The van der Waals surface area contributed by atoms with E-state index < -0.39 is 22.1 Å². The second-order valence-electron chi connectivity index (χ2n) is 5.81. The number of carbonyl (C=O) groups is 1. The molecule has 2 rings (SSSR count). The van der Waals surface area contributed by atoms with E-state index in [0.29, 0.717) is 18.6 Å². The number of rotatable bonds is 8. The van der Waals surface area contributed by atoms with Gasteiger partial charge in [0.1, 0.15) is 0 Å². The van der Waals surface area contributed by atoms with E-state index in [1.165, 1.54) is 25.3 Å². The van der Waals surface area contributed by atoms with Gasteiger partial charge in [-0.05, 0) is 25.5 Å². The Balaban J connectivity index is 2.07. The second-order valence-corrected chi connectivity index (χ2v) is 5.81. The van der Waals surface area contributed by atoms with Crippen LogP contribution in [0.25, 0.3) is 0 Å². The standard InChI is InChI=1S/C17H19N5O6/c1-3-6-28-14-5-4-11(7-13(14)22(26)27)9-18-21-15(23)8-12-10(2)19-17(25)20-16(12)24/h4-5,7,9H,3,6,8H2,1-2H3,(H,21,23)(H2,19,20,24,25)/b18-9-. The molecule has 0 aliphatic carbocycles. The molecule has 0 radical (unpaired) electrons. The summed E-state index contributed by atoms with van der Waals surface area (Å²) in [6.07, 6.45) is 1.65. The smallest absolute Gasteiger partial charge is 0.325 e. The topological polar surface area (TPSA) is 160 Å². The van der Waals surface area contributed by atoms with Crippen LogP contribution in [0.3, 0.4) is 0 Å². The van der Waals surface area contributed by atoms with Gasteiger partial charge in [-0.25, -0.2) is 10.2 Å². The highest BCUT2D eigenvalue weighted by atomic mass is 16.6. The number of carbonyl (C=O) groups excluding carboxylic acids is 1. The summed E-state index contributed by atoms with van der Waals surface area (Å²) in [5.41, 5.74) is 1.49. The van der Waals surface area contributed by atoms with E-state index >= 15 is 0 Å². The number of nitrogens with zero attached hydrogens (tertiary/aromatic N) is 2. The van der Waals surface area contributed by atoms with Gasteiger partial charge in [0.2, 0.25) is 5.91 Å². The van der Waals surface area contributed by atoms with Gasteiger partial charge in [0.25, 0.3) is 5.56 Å². The molecule has 0 saturated carbocycles. The van der Waals surface area contributed by atoms with Gasteiger partial charge in [-0.3, -0.25) is 24.7 Å². The third kappa shape index (κ3) is 5.37. The Bertz CT molecular complexity index is 1020. The quantitative estimate of drug-likeness (QED) is 0.343. The number of benzene rings is 1. The van der Waals surface area contributed by atoms with Crippen molar-refractivity contribution >= 4 is 17.8 Å². The van der Waals surface area contributed by atoms with Gasteiger partial charge in [0.05, 0.1) is 24.2 Å². The number of nitro groups is 1. The van der Waals surface area contributed by atoms with Crippen LogP contribution in [-0.4, -0.2) is 33.6 Å². The molecule has 3 N–H and O–H groups in total. The molecule has 0 fully saturated rings. The van der Waals surface area contributed by atoms with Crippen molar-refractivity contribution in [2.24, 2.45) is 5.10 Å². The summed E-state index contributed by atoms with van der Waals surface area (Å²) < 4.78 is 5.33. The maximum atomic E-state index is 11.9. The minimum atomic E-state index is -0.655. The fourth-order valence-corrected chi connectivity index (χ4v) is 2.31. The van der Waals surface area contributed by atoms with Gasteiger partial charge in [0, 0.05) is 22.9 Å². The molecule has 1 heterocycles. The first kappa shape index (κ1) is 20.6. The average Bonchev–Trinajstić information content (AvgIpc) is 2.63. The van der Waals surface area contributed by atoms with Crippen molar-refractivity contribution in [1.29, 1.82) is 0 Å². The summed E-state index contributed by atoms with van der Waals surface area (Å²) in [6.45, 7) is 3.75. The fourth-order valence-electron chi connectivity index (χ4n) is 2.31. The molecular formula is C17H19N5O6. The van der Waals surface area contributed by atoms with E-state index in [0.717, 1.165) is 0 Å².